The molecule has 0 spiro atoms. The fourth-order valence-electron chi connectivity index (χ4n) is 3.51. The van der Waals surface area contributed by atoms with Gasteiger partial charge in [0.25, 0.3) is 0 Å². The Hall–Kier alpha value is -0.540. The molecule has 2 unspecified atom stereocenters. The molecule has 1 heterocycles. The highest BCUT2D eigenvalue weighted by molar-refractivity contribution is 5.05. The van der Waals surface area contributed by atoms with E-state index >= 15 is 0 Å². The highest BCUT2D eigenvalue weighted by Crippen LogP contribution is 2.16. The van der Waals surface area contributed by atoms with Crippen LogP contribution in [0.3, 0.4) is 0 Å². The van der Waals surface area contributed by atoms with Crippen molar-refractivity contribution in [2.24, 2.45) is 0 Å². The summed E-state index contributed by atoms with van der Waals surface area (Å²) in [6.45, 7) is 7.45. The van der Waals surface area contributed by atoms with Gasteiger partial charge in [-0.15, -0.1) is 0 Å². The molecule has 0 bridgehead atoms. The Labute approximate surface area is 144 Å². The Morgan fingerprint density at radius 3 is 1.91 bits per heavy atom. The minimum atomic E-state index is -0.339. The molecule has 1 aliphatic heterocycles. The summed E-state index contributed by atoms with van der Waals surface area (Å²) in [7, 11) is 0. The molecule has 1 rings (SSSR count). The van der Waals surface area contributed by atoms with Gasteiger partial charge in [0.05, 0.1) is 6.10 Å². The molecule has 3 N–H and O–H groups in total. The molecule has 0 saturated heterocycles. The number of hydrogen-bond acceptors (Lipinski definition) is 2. The van der Waals surface area contributed by atoms with E-state index in [4.69, 9.17) is 0 Å². The molecule has 0 saturated carbocycles. The molecule has 23 heavy (non-hydrogen) atoms. The molecule has 0 aromatic rings. The van der Waals surface area contributed by atoms with Gasteiger partial charge in [0.15, 0.2) is 6.17 Å². The Morgan fingerprint density at radius 2 is 1.43 bits per heavy atom. The number of aliphatic hydroxyl groups excluding tert-OH is 1. The zero-order valence-electron chi connectivity index (χ0n) is 15.9. The van der Waals surface area contributed by atoms with Crippen LogP contribution < -0.4 is 5.32 Å². The van der Waals surface area contributed by atoms with Crippen molar-refractivity contribution in [2.45, 2.75) is 110 Å². The fourth-order valence-corrected chi connectivity index (χ4v) is 3.51. The van der Waals surface area contributed by atoms with Crippen LogP contribution in [0.15, 0.2) is 11.9 Å². The first-order valence-electron chi connectivity index (χ1n) is 10.2. The Bertz CT molecular complexity index is 315. The van der Waals surface area contributed by atoms with E-state index in [1.165, 1.54) is 77.0 Å². The lowest BCUT2D eigenvalue weighted by molar-refractivity contribution is -0.629. The van der Waals surface area contributed by atoms with Crippen LogP contribution in [0.25, 0.3) is 0 Å². The molecular formula is C20H41N2O+. The van der Waals surface area contributed by atoms with E-state index in [-0.39, 0.29) is 6.10 Å². The first-order valence-corrected chi connectivity index (χ1v) is 10.2. The maximum atomic E-state index is 9.80. The summed E-state index contributed by atoms with van der Waals surface area (Å²) in [6, 6.07) is 0. The molecular weight excluding hydrogens is 284 g/mol. The van der Waals surface area contributed by atoms with Gasteiger partial charge in [0.2, 0.25) is 0 Å². The van der Waals surface area contributed by atoms with Crippen molar-refractivity contribution in [1.29, 1.82) is 0 Å². The quantitative estimate of drug-likeness (QED) is 0.471. The monoisotopic (exact) mass is 325 g/mol. The first kappa shape index (κ1) is 20.5. The second-order valence-corrected chi connectivity index (χ2v) is 7.28. The highest BCUT2D eigenvalue weighted by Gasteiger charge is 2.27. The highest BCUT2D eigenvalue weighted by atomic mass is 16.3. The fraction of sp³-hybridized carbons (Fsp3) is 0.900. The summed E-state index contributed by atoms with van der Waals surface area (Å²) in [6.07, 6.45) is 18.9. The lowest BCUT2D eigenvalue weighted by Gasteiger charge is -2.25. The van der Waals surface area contributed by atoms with Crippen LogP contribution in [0, 0.1) is 0 Å². The van der Waals surface area contributed by atoms with Crippen molar-refractivity contribution >= 4 is 0 Å². The van der Waals surface area contributed by atoms with E-state index in [0.29, 0.717) is 6.17 Å². The molecule has 3 nitrogen and oxygen atoms in total. The summed E-state index contributed by atoms with van der Waals surface area (Å²) in [5.74, 6) is 0. The SMILES string of the molecule is CCCCCCCCCCCCCCN1C(C(C)O)=C[NH2+]C1C. The lowest BCUT2D eigenvalue weighted by atomic mass is 10.1. The van der Waals surface area contributed by atoms with Gasteiger partial charge in [-0.2, -0.15) is 0 Å². The molecule has 0 amide bonds. The lowest BCUT2D eigenvalue weighted by Crippen LogP contribution is -2.84. The molecule has 136 valence electrons. The second kappa shape index (κ2) is 12.8. The normalized spacial score (nSPS) is 19.2. The van der Waals surface area contributed by atoms with Gasteiger partial charge in [-0.3, -0.25) is 5.32 Å². The van der Waals surface area contributed by atoms with Gasteiger partial charge in [-0.05, 0) is 13.3 Å². The average molecular weight is 326 g/mol. The van der Waals surface area contributed by atoms with Crippen LogP contribution in [-0.4, -0.2) is 28.8 Å². The molecule has 0 fully saturated rings. The van der Waals surface area contributed by atoms with Gasteiger partial charge in [-0.1, -0.05) is 77.6 Å². The van der Waals surface area contributed by atoms with Crippen molar-refractivity contribution in [3.8, 4) is 0 Å². The van der Waals surface area contributed by atoms with Gasteiger partial charge in [0.1, 0.15) is 11.9 Å². The van der Waals surface area contributed by atoms with E-state index in [1.807, 2.05) is 6.92 Å². The number of hydrogen-bond donors (Lipinski definition) is 2. The second-order valence-electron chi connectivity index (χ2n) is 7.28. The van der Waals surface area contributed by atoms with Crippen LogP contribution in [0.1, 0.15) is 97.8 Å². The summed E-state index contributed by atoms with van der Waals surface area (Å²) in [5.41, 5.74) is 1.10. The Balaban J connectivity index is 1.91. The molecule has 0 radical (unpaired) electrons. The van der Waals surface area contributed by atoms with Gasteiger partial charge >= 0.3 is 0 Å². The maximum absolute atomic E-state index is 9.80. The Kier molecular flexibility index (Phi) is 11.4. The van der Waals surface area contributed by atoms with Gasteiger partial charge < -0.3 is 10.0 Å². The van der Waals surface area contributed by atoms with Crippen LogP contribution in [0.2, 0.25) is 0 Å². The van der Waals surface area contributed by atoms with Crippen molar-refractivity contribution < 1.29 is 10.4 Å². The number of unbranched alkanes of at least 4 members (excludes halogenated alkanes) is 11. The number of nitrogens with two attached hydrogens (primary N) is 1. The molecule has 0 aromatic carbocycles. The number of quaternary nitrogens is 1. The smallest absolute Gasteiger partial charge is 0.162 e. The third kappa shape index (κ3) is 8.76. The van der Waals surface area contributed by atoms with Crippen LogP contribution >= 0.6 is 0 Å². The van der Waals surface area contributed by atoms with Crippen molar-refractivity contribution in [3.63, 3.8) is 0 Å². The molecule has 2 atom stereocenters. The predicted molar refractivity (Wildman–Crippen MR) is 98.9 cm³/mol. The minimum absolute atomic E-state index is 0.339. The largest absolute Gasteiger partial charge is 0.387 e. The molecule has 0 aliphatic carbocycles. The minimum Gasteiger partial charge on any atom is -0.387 e. The van der Waals surface area contributed by atoms with Gasteiger partial charge in [0, 0.05) is 13.5 Å². The first-order chi connectivity index (χ1) is 11.2. The third-order valence-electron chi connectivity index (χ3n) is 5.05. The maximum Gasteiger partial charge on any atom is 0.162 e. The summed E-state index contributed by atoms with van der Waals surface area (Å²) < 4.78 is 0. The van der Waals surface area contributed by atoms with E-state index in [1.54, 1.807) is 0 Å². The van der Waals surface area contributed by atoms with Crippen LogP contribution in [-0.2, 0) is 0 Å². The zero-order valence-corrected chi connectivity index (χ0v) is 15.9. The zero-order chi connectivity index (χ0) is 16.9. The number of rotatable bonds is 14. The van der Waals surface area contributed by atoms with Crippen molar-refractivity contribution in [1.82, 2.24) is 4.90 Å². The summed E-state index contributed by atoms with van der Waals surface area (Å²) >= 11 is 0. The van der Waals surface area contributed by atoms with Crippen LogP contribution in [0.4, 0.5) is 0 Å². The van der Waals surface area contributed by atoms with E-state index in [9.17, 15) is 5.11 Å². The van der Waals surface area contributed by atoms with E-state index in [2.05, 4.69) is 30.3 Å². The predicted octanol–water partition coefficient (Wildman–Crippen LogP) is 4.13. The number of aliphatic hydroxyl groups is 1. The third-order valence-corrected chi connectivity index (χ3v) is 5.05. The standard InChI is InChI=1S/C20H40N2O/c1-4-5-6-7-8-9-10-11-12-13-14-15-16-22-19(3)21-17-20(22)18(2)23/h17-19,21,23H,4-16H2,1-3H3/p+1. The summed E-state index contributed by atoms with van der Waals surface area (Å²) in [5, 5.41) is 12.0. The molecule has 3 heteroatoms. The van der Waals surface area contributed by atoms with Crippen molar-refractivity contribution in [3.05, 3.63) is 11.9 Å². The average Bonchev–Trinajstić information content (AvgIpc) is 2.89. The topological polar surface area (TPSA) is 40.1 Å². The Morgan fingerprint density at radius 1 is 0.957 bits per heavy atom. The van der Waals surface area contributed by atoms with Gasteiger partial charge in [-0.25, -0.2) is 0 Å². The molecule has 1 aliphatic rings. The molecule has 0 aromatic heterocycles. The van der Waals surface area contributed by atoms with E-state index in [0.717, 1.165) is 12.2 Å². The summed E-state index contributed by atoms with van der Waals surface area (Å²) in [4.78, 5) is 2.36. The number of nitrogens with zero attached hydrogens (tertiary/aromatic N) is 1. The van der Waals surface area contributed by atoms with Crippen LogP contribution in [0.5, 0.6) is 0 Å². The van der Waals surface area contributed by atoms with Crippen molar-refractivity contribution in [2.75, 3.05) is 6.54 Å². The van der Waals surface area contributed by atoms with E-state index < -0.39 is 0 Å².